The minimum absolute atomic E-state index is 0.178. The van der Waals surface area contributed by atoms with Gasteiger partial charge in [-0.3, -0.25) is 10.1 Å². The van der Waals surface area contributed by atoms with Crippen LogP contribution in [0.2, 0.25) is 0 Å². The fourth-order valence-electron chi connectivity index (χ4n) is 1.89. The maximum atomic E-state index is 12.0. The van der Waals surface area contributed by atoms with Gasteiger partial charge in [0.05, 0.1) is 20.3 Å². The topological polar surface area (TPSA) is 89.1 Å². The molecule has 2 N–H and O–H groups in total. The Morgan fingerprint density at radius 1 is 1.42 bits per heavy atom. The van der Waals surface area contributed by atoms with Crippen LogP contribution in [-0.2, 0) is 18.0 Å². The molecule has 0 radical (unpaired) electrons. The van der Waals surface area contributed by atoms with E-state index >= 15 is 0 Å². The van der Waals surface area contributed by atoms with Crippen LogP contribution in [0, 0.1) is 0 Å². The second-order valence-corrected chi connectivity index (χ2v) is 4.10. The van der Waals surface area contributed by atoms with Crippen molar-refractivity contribution in [3.8, 4) is 6.01 Å². The number of nitrogens with one attached hydrogen (secondary N) is 2. The Morgan fingerprint density at radius 2 is 2.26 bits per heavy atom. The summed E-state index contributed by atoms with van der Waals surface area (Å²) >= 11 is 0. The highest BCUT2D eigenvalue weighted by Gasteiger charge is 2.15. The minimum atomic E-state index is -0.256. The highest BCUT2D eigenvalue weighted by molar-refractivity contribution is 6.03. The van der Waals surface area contributed by atoms with E-state index in [2.05, 4.69) is 20.5 Å². The van der Waals surface area contributed by atoms with Crippen LogP contribution in [0.5, 0.6) is 6.01 Å². The lowest BCUT2D eigenvalue weighted by atomic mass is 10.1. The monoisotopic (exact) mass is 260 g/mol. The lowest BCUT2D eigenvalue weighted by Crippen LogP contribution is -2.13. The van der Waals surface area contributed by atoms with Crippen LogP contribution in [-0.4, -0.2) is 28.2 Å². The molecular formula is C12H12N4O3. The first-order valence-electron chi connectivity index (χ1n) is 5.73. The molecule has 0 saturated heterocycles. The van der Waals surface area contributed by atoms with E-state index in [0.29, 0.717) is 18.8 Å². The first-order chi connectivity index (χ1) is 9.26. The third-order valence-corrected chi connectivity index (χ3v) is 2.86. The van der Waals surface area contributed by atoms with Gasteiger partial charge < -0.3 is 9.47 Å². The molecule has 0 unspecified atom stereocenters. The summed E-state index contributed by atoms with van der Waals surface area (Å²) in [5.74, 6) is -0.00731. The molecule has 7 heteroatoms. The van der Waals surface area contributed by atoms with Crippen LogP contribution in [0.25, 0.3) is 0 Å². The van der Waals surface area contributed by atoms with Crippen molar-refractivity contribution in [3.05, 3.63) is 34.9 Å². The van der Waals surface area contributed by atoms with Crippen molar-refractivity contribution >= 4 is 11.9 Å². The second kappa shape index (κ2) is 4.69. The smallest absolute Gasteiger partial charge is 0.336 e. The summed E-state index contributed by atoms with van der Waals surface area (Å²) in [5.41, 5.74) is 2.72. The van der Waals surface area contributed by atoms with Crippen molar-refractivity contribution in [2.75, 3.05) is 12.4 Å². The van der Waals surface area contributed by atoms with E-state index in [1.807, 2.05) is 12.1 Å². The summed E-state index contributed by atoms with van der Waals surface area (Å²) in [5, 5.41) is 8.93. The van der Waals surface area contributed by atoms with Crippen LogP contribution >= 0.6 is 0 Å². The zero-order chi connectivity index (χ0) is 13.2. The Morgan fingerprint density at radius 3 is 3.05 bits per heavy atom. The van der Waals surface area contributed by atoms with Gasteiger partial charge in [-0.2, -0.15) is 4.98 Å². The third kappa shape index (κ3) is 2.27. The Hall–Kier alpha value is -2.41. The van der Waals surface area contributed by atoms with Gasteiger partial charge in [-0.05, 0) is 23.3 Å². The molecule has 2 aromatic rings. The molecule has 19 heavy (non-hydrogen) atoms. The van der Waals surface area contributed by atoms with Crippen molar-refractivity contribution in [1.82, 2.24) is 15.2 Å². The molecule has 98 valence electrons. The number of carbonyl (C=O) groups excluding carboxylic acids is 1. The summed E-state index contributed by atoms with van der Waals surface area (Å²) in [6.07, 6.45) is 0. The number of fused-ring (bicyclic) bond motifs is 1. The van der Waals surface area contributed by atoms with E-state index in [1.54, 1.807) is 6.07 Å². The highest BCUT2D eigenvalue weighted by atomic mass is 16.5. The molecule has 0 fully saturated rings. The molecule has 0 bridgehead atoms. The summed E-state index contributed by atoms with van der Waals surface area (Å²) in [7, 11) is 1.45. The molecule has 0 atom stereocenters. The predicted molar refractivity (Wildman–Crippen MR) is 65.8 cm³/mol. The summed E-state index contributed by atoms with van der Waals surface area (Å²) < 4.78 is 10.1. The fraction of sp³-hybridized carbons (Fsp3) is 0.250. The molecule has 0 saturated carbocycles. The van der Waals surface area contributed by atoms with Crippen molar-refractivity contribution in [2.45, 2.75) is 13.2 Å². The standard InChI is InChI=1S/C12H12N4O3/c1-18-12-14-11(15-16-12)13-10(17)7-2-3-8-5-19-6-9(8)4-7/h2-4H,5-6H2,1H3,(H2,13,14,15,16,17). The summed E-state index contributed by atoms with van der Waals surface area (Å²) in [6.45, 7) is 1.16. The van der Waals surface area contributed by atoms with Gasteiger partial charge in [-0.25, -0.2) is 5.10 Å². The number of hydrogen-bond donors (Lipinski definition) is 2. The van der Waals surface area contributed by atoms with E-state index < -0.39 is 0 Å². The quantitative estimate of drug-likeness (QED) is 0.862. The Labute approximate surface area is 108 Å². The van der Waals surface area contributed by atoms with Gasteiger partial charge in [0.2, 0.25) is 5.95 Å². The molecule has 1 aromatic carbocycles. The molecule has 3 rings (SSSR count). The van der Waals surface area contributed by atoms with Crippen LogP contribution in [0.3, 0.4) is 0 Å². The molecule has 7 nitrogen and oxygen atoms in total. The first-order valence-corrected chi connectivity index (χ1v) is 5.73. The molecule has 1 aromatic heterocycles. The van der Waals surface area contributed by atoms with E-state index in [9.17, 15) is 4.79 Å². The maximum absolute atomic E-state index is 12.0. The van der Waals surface area contributed by atoms with E-state index in [1.165, 1.54) is 7.11 Å². The number of rotatable bonds is 3. The average molecular weight is 260 g/mol. The number of amides is 1. The molecule has 2 heterocycles. The summed E-state index contributed by atoms with van der Waals surface area (Å²) in [4.78, 5) is 16.0. The van der Waals surface area contributed by atoms with Gasteiger partial charge in [0, 0.05) is 5.56 Å². The lowest BCUT2D eigenvalue weighted by Gasteiger charge is -2.03. The SMILES string of the molecule is COc1n[nH]c(NC(=O)c2ccc3c(c2)COC3)n1. The molecule has 1 amide bonds. The van der Waals surface area contributed by atoms with Gasteiger partial charge in [0.1, 0.15) is 0 Å². The molecular weight excluding hydrogens is 248 g/mol. The van der Waals surface area contributed by atoms with Crippen molar-refractivity contribution in [1.29, 1.82) is 0 Å². The zero-order valence-corrected chi connectivity index (χ0v) is 10.3. The largest absolute Gasteiger partial charge is 0.466 e. The Balaban J connectivity index is 1.76. The number of nitrogens with zero attached hydrogens (tertiary/aromatic N) is 2. The van der Waals surface area contributed by atoms with Gasteiger partial charge in [0.15, 0.2) is 0 Å². The number of H-pyrrole nitrogens is 1. The summed E-state index contributed by atoms with van der Waals surface area (Å²) in [6, 6.07) is 5.66. The number of aromatic amines is 1. The maximum Gasteiger partial charge on any atom is 0.336 e. The van der Waals surface area contributed by atoms with Gasteiger partial charge >= 0.3 is 6.01 Å². The van der Waals surface area contributed by atoms with Crippen molar-refractivity contribution < 1.29 is 14.3 Å². The number of anilines is 1. The number of carbonyl (C=O) groups is 1. The lowest BCUT2D eigenvalue weighted by molar-refractivity contribution is 0.102. The van der Waals surface area contributed by atoms with Crippen LogP contribution in [0.4, 0.5) is 5.95 Å². The second-order valence-electron chi connectivity index (χ2n) is 4.10. The Bertz CT molecular complexity index is 623. The Kier molecular flexibility index (Phi) is 2.88. The molecule has 0 spiro atoms. The molecule has 1 aliphatic heterocycles. The number of hydrogen-bond acceptors (Lipinski definition) is 5. The van der Waals surface area contributed by atoms with E-state index in [4.69, 9.17) is 9.47 Å². The average Bonchev–Trinajstić information content (AvgIpc) is 3.05. The molecule has 0 aliphatic carbocycles. The number of methoxy groups -OCH3 is 1. The fourth-order valence-corrected chi connectivity index (χ4v) is 1.89. The first kappa shape index (κ1) is 11.7. The molecule has 1 aliphatic rings. The number of ether oxygens (including phenoxy) is 2. The van der Waals surface area contributed by atoms with E-state index in [-0.39, 0.29) is 17.9 Å². The van der Waals surface area contributed by atoms with Crippen molar-refractivity contribution in [3.63, 3.8) is 0 Å². The van der Waals surface area contributed by atoms with Gasteiger partial charge in [-0.15, -0.1) is 5.10 Å². The normalized spacial score (nSPS) is 13.1. The number of benzene rings is 1. The highest BCUT2D eigenvalue weighted by Crippen LogP contribution is 2.21. The van der Waals surface area contributed by atoms with Gasteiger partial charge in [-0.1, -0.05) is 6.07 Å². The van der Waals surface area contributed by atoms with Crippen molar-refractivity contribution in [2.24, 2.45) is 0 Å². The number of aromatic nitrogens is 3. The van der Waals surface area contributed by atoms with Crippen LogP contribution in [0.1, 0.15) is 21.5 Å². The van der Waals surface area contributed by atoms with Gasteiger partial charge in [0.25, 0.3) is 5.91 Å². The minimum Gasteiger partial charge on any atom is -0.466 e. The predicted octanol–water partition coefficient (Wildman–Crippen LogP) is 1.10. The third-order valence-electron chi connectivity index (χ3n) is 2.86. The zero-order valence-electron chi connectivity index (χ0n) is 10.3. The van der Waals surface area contributed by atoms with E-state index in [0.717, 1.165) is 11.1 Å². The van der Waals surface area contributed by atoms with Crippen LogP contribution in [0.15, 0.2) is 18.2 Å². The van der Waals surface area contributed by atoms with Crippen LogP contribution < -0.4 is 10.1 Å².